The average molecular weight is 283 g/mol. The van der Waals surface area contributed by atoms with E-state index in [2.05, 4.69) is 27.6 Å². The molecule has 1 aromatic carbocycles. The van der Waals surface area contributed by atoms with Crippen LogP contribution in [0.3, 0.4) is 0 Å². The van der Waals surface area contributed by atoms with Crippen LogP contribution in [-0.4, -0.2) is 11.3 Å². The van der Waals surface area contributed by atoms with E-state index in [9.17, 15) is 4.79 Å². The van der Waals surface area contributed by atoms with Crippen molar-refractivity contribution in [2.45, 2.75) is 0 Å². The van der Waals surface area contributed by atoms with Crippen LogP contribution >= 0.6 is 22.6 Å². The first kappa shape index (κ1) is 8.62. The van der Waals surface area contributed by atoms with E-state index < -0.39 is 0 Å². The number of fused-ring (bicyclic) bond motifs is 1. The molecule has 0 saturated carbocycles. The van der Waals surface area contributed by atoms with E-state index in [1.165, 1.54) is 0 Å². The third-order valence-corrected chi connectivity index (χ3v) is 2.77. The second-order valence-electron chi connectivity index (χ2n) is 2.69. The Hall–Kier alpha value is -0.970. The van der Waals surface area contributed by atoms with Gasteiger partial charge in [0.05, 0.1) is 5.52 Å². The summed E-state index contributed by atoms with van der Waals surface area (Å²) in [4.78, 5) is 14.7. The zero-order valence-corrected chi connectivity index (χ0v) is 8.86. The van der Waals surface area contributed by atoms with E-state index in [1.54, 1.807) is 6.20 Å². The van der Waals surface area contributed by atoms with Gasteiger partial charge in [-0.15, -0.1) is 0 Å². The minimum Gasteiger partial charge on any atom is -0.298 e. The molecule has 2 nitrogen and oxygen atoms in total. The second-order valence-corrected chi connectivity index (χ2v) is 3.86. The van der Waals surface area contributed by atoms with Crippen molar-refractivity contribution in [3.63, 3.8) is 0 Å². The highest BCUT2D eigenvalue weighted by Gasteiger charge is 1.99. The molecule has 0 saturated heterocycles. The SMILES string of the molecule is O=Cc1cnc2cccc(I)c2c1. The first-order valence-corrected chi connectivity index (χ1v) is 4.88. The Morgan fingerprint density at radius 1 is 1.38 bits per heavy atom. The van der Waals surface area contributed by atoms with Crippen molar-refractivity contribution in [1.29, 1.82) is 0 Å². The lowest BCUT2D eigenvalue weighted by Gasteiger charge is -1.99. The third-order valence-electron chi connectivity index (χ3n) is 1.83. The number of benzene rings is 1. The monoisotopic (exact) mass is 283 g/mol. The summed E-state index contributed by atoms with van der Waals surface area (Å²) in [6.45, 7) is 0. The van der Waals surface area contributed by atoms with Gasteiger partial charge >= 0.3 is 0 Å². The zero-order valence-electron chi connectivity index (χ0n) is 6.70. The molecule has 0 atom stereocenters. The van der Waals surface area contributed by atoms with Gasteiger partial charge in [0.1, 0.15) is 0 Å². The molecule has 0 fully saturated rings. The molecule has 0 aliphatic carbocycles. The number of halogens is 1. The molecule has 0 spiro atoms. The van der Waals surface area contributed by atoms with Crippen molar-refractivity contribution in [1.82, 2.24) is 4.98 Å². The molecule has 0 N–H and O–H groups in total. The summed E-state index contributed by atoms with van der Waals surface area (Å²) in [5, 5.41) is 1.03. The highest BCUT2D eigenvalue weighted by atomic mass is 127. The lowest BCUT2D eigenvalue weighted by molar-refractivity contribution is 0.112. The Bertz CT molecular complexity index is 467. The summed E-state index contributed by atoms with van der Waals surface area (Å²) in [6.07, 6.45) is 2.40. The number of carbonyl (C=O) groups is 1. The fraction of sp³-hybridized carbons (Fsp3) is 0. The van der Waals surface area contributed by atoms with Gasteiger partial charge in [-0.2, -0.15) is 0 Å². The molecule has 0 bridgehead atoms. The van der Waals surface area contributed by atoms with Gasteiger partial charge < -0.3 is 0 Å². The maximum Gasteiger partial charge on any atom is 0.151 e. The number of aldehydes is 1. The molecule has 3 heteroatoms. The van der Waals surface area contributed by atoms with Crippen molar-refractivity contribution in [3.05, 3.63) is 39.6 Å². The predicted molar refractivity (Wildman–Crippen MR) is 59.8 cm³/mol. The summed E-state index contributed by atoms with van der Waals surface area (Å²) in [6, 6.07) is 7.75. The molecule has 0 aliphatic heterocycles. The molecule has 64 valence electrons. The first-order chi connectivity index (χ1) is 6.31. The maximum absolute atomic E-state index is 10.5. The van der Waals surface area contributed by atoms with E-state index in [0.717, 1.165) is 20.8 Å². The Morgan fingerprint density at radius 3 is 3.00 bits per heavy atom. The van der Waals surface area contributed by atoms with Gasteiger partial charge in [0, 0.05) is 20.7 Å². The number of aromatic nitrogens is 1. The van der Waals surface area contributed by atoms with Gasteiger partial charge in [-0.1, -0.05) is 6.07 Å². The number of pyridine rings is 1. The summed E-state index contributed by atoms with van der Waals surface area (Å²) in [7, 11) is 0. The molecule has 0 amide bonds. The fourth-order valence-corrected chi connectivity index (χ4v) is 1.83. The number of carbonyl (C=O) groups excluding carboxylic acids is 1. The van der Waals surface area contributed by atoms with Gasteiger partial charge in [-0.3, -0.25) is 9.78 Å². The summed E-state index contributed by atoms with van der Waals surface area (Å²) < 4.78 is 1.12. The molecule has 0 unspecified atom stereocenters. The van der Waals surface area contributed by atoms with Crippen LogP contribution < -0.4 is 0 Å². The van der Waals surface area contributed by atoms with Crippen molar-refractivity contribution < 1.29 is 4.79 Å². The van der Waals surface area contributed by atoms with Crippen LogP contribution in [0.2, 0.25) is 0 Å². The van der Waals surface area contributed by atoms with Gasteiger partial charge in [-0.05, 0) is 40.8 Å². The van der Waals surface area contributed by atoms with Crippen LogP contribution in [0.15, 0.2) is 30.5 Å². The van der Waals surface area contributed by atoms with Gasteiger partial charge in [0.15, 0.2) is 6.29 Å². The Labute approximate surface area is 89.1 Å². The Balaban J connectivity index is 2.81. The van der Waals surface area contributed by atoms with Crippen LogP contribution in [0.5, 0.6) is 0 Å². The van der Waals surface area contributed by atoms with Gasteiger partial charge in [0.25, 0.3) is 0 Å². The first-order valence-electron chi connectivity index (χ1n) is 3.81. The number of hydrogen-bond donors (Lipinski definition) is 0. The van der Waals surface area contributed by atoms with Crippen molar-refractivity contribution in [3.8, 4) is 0 Å². The van der Waals surface area contributed by atoms with Crippen molar-refractivity contribution >= 4 is 39.8 Å². The Morgan fingerprint density at radius 2 is 2.23 bits per heavy atom. The van der Waals surface area contributed by atoms with E-state index in [-0.39, 0.29) is 0 Å². The summed E-state index contributed by atoms with van der Waals surface area (Å²) >= 11 is 2.24. The van der Waals surface area contributed by atoms with Crippen molar-refractivity contribution in [2.75, 3.05) is 0 Å². The average Bonchev–Trinajstić information content (AvgIpc) is 2.18. The summed E-state index contributed by atoms with van der Waals surface area (Å²) in [5.41, 5.74) is 1.55. The highest BCUT2D eigenvalue weighted by Crippen LogP contribution is 2.18. The maximum atomic E-state index is 10.5. The van der Waals surface area contributed by atoms with Gasteiger partial charge in [-0.25, -0.2) is 0 Å². The molecule has 1 aromatic heterocycles. The molecule has 0 radical (unpaired) electrons. The van der Waals surface area contributed by atoms with Gasteiger partial charge in [0.2, 0.25) is 0 Å². The molecule has 1 heterocycles. The molecule has 2 rings (SSSR count). The third kappa shape index (κ3) is 1.56. The lowest BCUT2D eigenvalue weighted by atomic mass is 10.2. The molecular formula is C10H6INO. The van der Waals surface area contributed by atoms with Crippen LogP contribution in [0, 0.1) is 3.57 Å². The minimum atomic E-state index is 0.622. The molecule has 13 heavy (non-hydrogen) atoms. The number of rotatable bonds is 1. The predicted octanol–water partition coefficient (Wildman–Crippen LogP) is 2.65. The summed E-state index contributed by atoms with van der Waals surface area (Å²) in [5.74, 6) is 0. The molecule has 0 aliphatic rings. The van der Waals surface area contributed by atoms with Crippen LogP contribution in [0.1, 0.15) is 10.4 Å². The number of nitrogens with zero attached hydrogens (tertiary/aromatic N) is 1. The number of hydrogen-bond acceptors (Lipinski definition) is 2. The largest absolute Gasteiger partial charge is 0.298 e. The molecular weight excluding hydrogens is 277 g/mol. The quantitative estimate of drug-likeness (QED) is 0.595. The zero-order chi connectivity index (χ0) is 9.26. The lowest BCUT2D eigenvalue weighted by Crippen LogP contribution is -1.86. The van der Waals surface area contributed by atoms with E-state index in [4.69, 9.17) is 0 Å². The van der Waals surface area contributed by atoms with Crippen LogP contribution in [-0.2, 0) is 0 Å². The highest BCUT2D eigenvalue weighted by molar-refractivity contribution is 14.1. The van der Waals surface area contributed by atoms with E-state index >= 15 is 0 Å². The fourth-order valence-electron chi connectivity index (χ4n) is 1.19. The molecule has 2 aromatic rings. The van der Waals surface area contributed by atoms with Crippen LogP contribution in [0.25, 0.3) is 10.9 Å². The van der Waals surface area contributed by atoms with Crippen molar-refractivity contribution in [2.24, 2.45) is 0 Å². The standard InChI is InChI=1S/C10H6INO/c11-9-2-1-3-10-8(9)4-7(6-13)5-12-10/h1-6H. The topological polar surface area (TPSA) is 30.0 Å². The van der Waals surface area contributed by atoms with E-state index in [0.29, 0.717) is 5.56 Å². The van der Waals surface area contributed by atoms with E-state index in [1.807, 2.05) is 24.3 Å². The normalized spacial score (nSPS) is 10.2. The Kier molecular flexibility index (Phi) is 2.26. The van der Waals surface area contributed by atoms with Crippen LogP contribution in [0.4, 0.5) is 0 Å². The second kappa shape index (κ2) is 3.41. The smallest absolute Gasteiger partial charge is 0.151 e. The minimum absolute atomic E-state index is 0.622.